The second-order valence-corrected chi connectivity index (χ2v) is 3.02. The molecule has 114 valence electrons. The first-order chi connectivity index (χ1) is 8.72. The van der Waals surface area contributed by atoms with Crippen LogP contribution in [0.15, 0.2) is 0 Å². The largest absolute Gasteiger partial charge is 0.346 e. The molecule has 1 N–H and O–H groups in total. The molecule has 0 bridgehead atoms. The normalized spacial score (nSPS) is 7.61. The molecular weight excluding hydrogens is 224 g/mol. The highest BCUT2D eigenvalue weighted by atomic mass is 16.2. The fraction of sp³-hybridized carbons (Fsp3) is 0.933. The summed E-state index contributed by atoms with van der Waals surface area (Å²) < 4.78 is 0. The number of hydrogen-bond acceptors (Lipinski definition) is 2. The summed E-state index contributed by atoms with van der Waals surface area (Å²) in [5, 5.41) is 3.02. The van der Waals surface area contributed by atoms with E-state index in [1.165, 1.54) is 0 Å². The van der Waals surface area contributed by atoms with Crippen molar-refractivity contribution in [1.82, 2.24) is 10.2 Å². The van der Waals surface area contributed by atoms with Crippen LogP contribution in [0.4, 0.5) is 0 Å². The number of rotatable bonds is 6. The van der Waals surface area contributed by atoms with E-state index in [0.29, 0.717) is 6.42 Å². The summed E-state index contributed by atoms with van der Waals surface area (Å²) in [6.45, 7) is 15.9. The monoisotopic (exact) mass is 262 g/mol. The van der Waals surface area contributed by atoms with Crippen LogP contribution in [0.1, 0.15) is 67.7 Å². The molecule has 0 atom stereocenters. The average molecular weight is 262 g/mol. The summed E-state index contributed by atoms with van der Waals surface area (Å²) in [4.78, 5) is 13.1. The topological polar surface area (TPSA) is 32.3 Å². The third-order valence-corrected chi connectivity index (χ3v) is 1.80. The van der Waals surface area contributed by atoms with Gasteiger partial charge in [-0.05, 0) is 26.4 Å². The number of carbonyl (C=O) groups excluding carboxylic acids is 1. The zero-order valence-electron chi connectivity index (χ0n) is 14.4. The summed E-state index contributed by atoms with van der Waals surface area (Å²) in [7, 11) is 3.77. The summed E-state index contributed by atoms with van der Waals surface area (Å²) >= 11 is 0. The Hall–Kier alpha value is -0.570. The first-order valence-corrected chi connectivity index (χ1v) is 7.61. The Morgan fingerprint density at radius 2 is 1.50 bits per heavy atom. The Morgan fingerprint density at radius 1 is 1.06 bits per heavy atom. The minimum atomic E-state index is 0.257. The van der Waals surface area contributed by atoms with Gasteiger partial charge in [-0.2, -0.15) is 0 Å². The Morgan fingerprint density at radius 3 is 1.83 bits per heavy atom. The van der Waals surface area contributed by atoms with E-state index in [-0.39, 0.29) is 5.91 Å². The van der Waals surface area contributed by atoms with E-state index in [2.05, 4.69) is 12.2 Å². The van der Waals surface area contributed by atoms with Gasteiger partial charge in [0.1, 0.15) is 0 Å². The minimum Gasteiger partial charge on any atom is -0.346 e. The van der Waals surface area contributed by atoms with Crippen molar-refractivity contribution in [2.45, 2.75) is 67.7 Å². The molecule has 0 saturated carbocycles. The lowest BCUT2D eigenvalue weighted by molar-refractivity contribution is -0.130. The fourth-order valence-electron chi connectivity index (χ4n) is 1.07. The molecule has 0 radical (unpaired) electrons. The van der Waals surface area contributed by atoms with E-state index < -0.39 is 0 Å². The smallest absolute Gasteiger partial charge is 0.222 e. The Labute approximate surface area is 116 Å². The second kappa shape index (κ2) is 29.9. The Balaban J connectivity index is -0.000000141. The van der Waals surface area contributed by atoms with E-state index in [9.17, 15) is 4.79 Å². The van der Waals surface area contributed by atoms with Crippen LogP contribution in [-0.2, 0) is 4.79 Å². The molecule has 0 saturated heterocycles. The van der Waals surface area contributed by atoms with Crippen LogP contribution >= 0.6 is 0 Å². The highest BCUT2D eigenvalue weighted by Crippen LogP contribution is 1.95. The zero-order valence-corrected chi connectivity index (χ0v) is 14.4. The average Bonchev–Trinajstić information content (AvgIpc) is 2.46. The molecular formula is C15H38N2O. The lowest BCUT2D eigenvalue weighted by atomic mass is 10.2. The van der Waals surface area contributed by atoms with Gasteiger partial charge >= 0.3 is 0 Å². The third-order valence-electron chi connectivity index (χ3n) is 1.80. The molecule has 1 amide bonds. The van der Waals surface area contributed by atoms with Crippen LogP contribution in [0.25, 0.3) is 0 Å². The van der Waals surface area contributed by atoms with Gasteiger partial charge in [0.25, 0.3) is 0 Å². The third kappa shape index (κ3) is 24.6. The molecule has 0 spiro atoms. The maximum absolute atomic E-state index is 11.3. The van der Waals surface area contributed by atoms with Gasteiger partial charge in [-0.25, -0.2) is 0 Å². The van der Waals surface area contributed by atoms with Crippen LogP contribution in [0.3, 0.4) is 0 Å². The minimum absolute atomic E-state index is 0.257. The van der Waals surface area contributed by atoms with Gasteiger partial charge in [-0.1, -0.05) is 48.5 Å². The second-order valence-electron chi connectivity index (χ2n) is 3.02. The molecule has 0 aliphatic heterocycles. The van der Waals surface area contributed by atoms with Gasteiger partial charge in [0.15, 0.2) is 0 Å². The molecule has 3 heteroatoms. The molecule has 0 fully saturated rings. The van der Waals surface area contributed by atoms with Crippen molar-refractivity contribution in [3.8, 4) is 0 Å². The highest BCUT2D eigenvalue weighted by molar-refractivity contribution is 5.75. The SMILES string of the molecule is CC.CC.CC.CCCN(C)C(=O)CCCNC. The molecule has 0 aromatic carbocycles. The van der Waals surface area contributed by atoms with Gasteiger partial charge in [-0.3, -0.25) is 4.79 Å². The molecule has 0 unspecified atom stereocenters. The predicted molar refractivity (Wildman–Crippen MR) is 85.1 cm³/mol. The van der Waals surface area contributed by atoms with Crippen molar-refractivity contribution in [1.29, 1.82) is 0 Å². The van der Waals surface area contributed by atoms with Gasteiger partial charge in [0.2, 0.25) is 5.91 Å². The summed E-state index contributed by atoms with van der Waals surface area (Å²) in [6.07, 6.45) is 2.63. The first kappa shape index (κ1) is 26.1. The van der Waals surface area contributed by atoms with Gasteiger partial charge in [-0.15, -0.1) is 0 Å². The number of nitrogens with one attached hydrogen (secondary N) is 1. The van der Waals surface area contributed by atoms with Crippen molar-refractivity contribution >= 4 is 5.91 Å². The molecule has 0 aromatic rings. The molecule has 0 heterocycles. The van der Waals surface area contributed by atoms with E-state index in [1.807, 2.05) is 55.6 Å². The van der Waals surface area contributed by atoms with Gasteiger partial charge in [0, 0.05) is 20.0 Å². The fourth-order valence-corrected chi connectivity index (χ4v) is 1.07. The van der Waals surface area contributed by atoms with E-state index in [4.69, 9.17) is 0 Å². The van der Waals surface area contributed by atoms with Crippen LogP contribution in [0, 0.1) is 0 Å². The first-order valence-electron chi connectivity index (χ1n) is 7.61. The number of nitrogens with zero attached hydrogens (tertiary/aromatic N) is 1. The molecule has 0 aliphatic carbocycles. The molecule has 0 aliphatic rings. The maximum atomic E-state index is 11.3. The van der Waals surface area contributed by atoms with E-state index >= 15 is 0 Å². The summed E-state index contributed by atoms with van der Waals surface area (Å²) in [5.41, 5.74) is 0. The highest BCUT2D eigenvalue weighted by Gasteiger charge is 2.05. The molecule has 3 nitrogen and oxygen atoms in total. The molecule has 0 rings (SSSR count). The van der Waals surface area contributed by atoms with E-state index in [1.54, 1.807) is 4.90 Å². The predicted octanol–water partition coefficient (Wildman–Crippen LogP) is 3.93. The maximum Gasteiger partial charge on any atom is 0.222 e. The van der Waals surface area contributed by atoms with Crippen LogP contribution < -0.4 is 5.32 Å². The van der Waals surface area contributed by atoms with Gasteiger partial charge in [0.05, 0.1) is 0 Å². The number of hydrogen-bond donors (Lipinski definition) is 1. The molecule has 0 aromatic heterocycles. The van der Waals surface area contributed by atoms with Crippen molar-refractivity contribution < 1.29 is 4.79 Å². The standard InChI is InChI=1S/C9H20N2O.3C2H6/c1-4-8-11(3)9(12)6-5-7-10-2;3*1-2/h10H,4-8H2,1-3H3;3*1-2H3. The van der Waals surface area contributed by atoms with Crippen LogP contribution in [-0.4, -0.2) is 38.0 Å². The number of amides is 1. The van der Waals surface area contributed by atoms with Gasteiger partial charge < -0.3 is 10.2 Å². The van der Waals surface area contributed by atoms with Crippen molar-refractivity contribution in [3.63, 3.8) is 0 Å². The molecule has 18 heavy (non-hydrogen) atoms. The number of carbonyl (C=O) groups is 1. The van der Waals surface area contributed by atoms with Crippen LogP contribution in [0.2, 0.25) is 0 Å². The summed E-state index contributed by atoms with van der Waals surface area (Å²) in [6, 6.07) is 0. The Bertz CT molecular complexity index is 128. The van der Waals surface area contributed by atoms with E-state index in [0.717, 1.165) is 25.9 Å². The van der Waals surface area contributed by atoms with Crippen molar-refractivity contribution in [2.75, 3.05) is 27.2 Å². The summed E-state index contributed by atoms with van der Waals surface area (Å²) in [5.74, 6) is 0.257. The Kier molecular flexibility index (Phi) is 43.4. The van der Waals surface area contributed by atoms with Crippen molar-refractivity contribution in [3.05, 3.63) is 0 Å². The van der Waals surface area contributed by atoms with Crippen LogP contribution in [0.5, 0.6) is 0 Å². The zero-order chi connectivity index (χ0) is 15.4. The lowest BCUT2D eigenvalue weighted by Gasteiger charge is -2.15. The quantitative estimate of drug-likeness (QED) is 0.736. The van der Waals surface area contributed by atoms with Crippen molar-refractivity contribution in [2.24, 2.45) is 0 Å². The lowest BCUT2D eigenvalue weighted by Crippen LogP contribution is -2.27.